The van der Waals surface area contributed by atoms with Gasteiger partial charge in [0.1, 0.15) is 0 Å². The summed E-state index contributed by atoms with van der Waals surface area (Å²) in [6, 6.07) is 9.36. The summed E-state index contributed by atoms with van der Waals surface area (Å²) >= 11 is 19.8. The Morgan fingerprint density at radius 2 is 1.93 bits per heavy atom. The number of thiophene rings is 1. The molecule has 2 rings (SSSR count). The summed E-state index contributed by atoms with van der Waals surface area (Å²) in [5.41, 5.74) is 0.966. The van der Waals surface area contributed by atoms with Gasteiger partial charge >= 0.3 is 0 Å². The lowest BCUT2D eigenvalue weighted by Crippen LogP contribution is -1.90. The van der Waals surface area contributed by atoms with Crippen LogP contribution in [0.1, 0.15) is 15.8 Å². The zero-order valence-electron chi connectivity index (χ0n) is 7.58. The minimum atomic E-state index is -0.226. The fourth-order valence-electron chi connectivity index (χ4n) is 1.30. The second-order valence-corrected chi connectivity index (χ2v) is 5.28. The van der Waals surface area contributed by atoms with E-state index in [0.29, 0.717) is 10.0 Å². The second-order valence-electron chi connectivity index (χ2n) is 3.05. The van der Waals surface area contributed by atoms with Crippen LogP contribution in [0.4, 0.5) is 0 Å². The summed E-state index contributed by atoms with van der Waals surface area (Å²) in [6.45, 7) is 0. The molecule has 1 unspecified atom stereocenters. The number of halogens is 3. The average Bonchev–Trinajstić information content (AvgIpc) is 2.63. The molecule has 15 heavy (non-hydrogen) atoms. The molecule has 4 heteroatoms. The molecule has 1 heterocycles. The third kappa shape index (κ3) is 2.48. The van der Waals surface area contributed by atoms with E-state index in [4.69, 9.17) is 34.8 Å². The minimum Gasteiger partial charge on any atom is -0.145 e. The highest BCUT2D eigenvalue weighted by atomic mass is 35.5. The Balaban J connectivity index is 2.36. The first kappa shape index (κ1) is 11.3. The number of hydrogen-bond donors (Lipinski definition) is 0. The van der Waals surface area contributed by atoms with Crippen LogP contribution in [0.2, 0.25) is 10.0 Å². The van der Waals surface area contributed by atoms with E-state index >= 15 is 0 Å². The highest BCUT2D eigenvalue weighted by molar-refractivity contribution is 7.11. The van der Waals surface area contributed by atoms with Crippen LogP contribution in [0.25, 0.3) is 0 Å². The third-order valence-corrected chi connectivity index (χ3v) is 4.27. The van der Waals surface area contributed by atoms with Crippen molar-refractivity contribution in [3.8, 4) is 0 Å². The molecule has 0 aliphatic carbocycles. The van der Waals surface area contributed by atoms with Crippen LogP contribution in [0.3, 0.4) is 0 Å². The zero-order valence-corrected chi connectivity index (χ0v) is 10.7. The maximum absolute atomic E-state index is 6.32. The first-order valence-corrected chi connectivity index (χ1v) is 6.38. The van der Waals surface area contributed by atoms with Crippen molar-refractivity contribution in [2.45, 2.75) is 5.38 Å². The Bertz CT molecular complexity index is 464. The Morgan fingerprint density at radius 3 is 2.53 bits per heavy atom. The largest absolute Gasteiger partial charge is 0.145 e. The van der Waals surface area contributed by atoms with Crippen LogP contribution in [0.15, 0.2) is 35.7 Å². The van der Waals surface area contributed by atoms with Gasteiger partial charge in [0.2, 0.25) is 0 Å². The Morgan fingerprint density at radius 1 is 1.13 bits per heavy atom. The first-order chi connectivity index (χ1) is 7.18. The molecular weight excluding hydrogens is 271 g/mol. The van der Waals surface area contributed by atoms with Gasteiger partial charge in [-0.2, -0.15) is 0 Å². The van der Waals surface area contributed by atoms with E-state index in [-0.39, 0.29) is 5.38 Å². The molecule has 0 spiro atoms. The molecule has 0 amide bonds. The molecule has 1 atom stereocenters. The molecule has 0 aliphatic heterocycles. The van der Waals surface area contributed by atoms with E-state index in [9.17, 15) is 0 Å². The minimum absolute atomic E-state index is 0.226. The predicted octanol–water partition coefficient (Wildman–Crippen LogP) is 5.38. The predicted molar refractivity (Wildman–Crippen MR) is 68.5 cm³/mol. The molecule has 1 aromatic carbocycles. The van der Waals surface area contributed by atoms with Crippen molar-refractivity contribution in [1.29, 1.82) is 0 Å². The summed E-state index contributed by atoms with van der Waals surface area (Å²) in [5, 5.41) is 3.10. The SMILES string of the molecule is Clc1cccc(C(Cl)c2sccc2Cl)c1. The standard InChI is InChI=1S/C11H7Cl3S/c12-8-3-1-2-7(6-8)10(14)11-9(13)4-5-15-11/h1-6,10H. The topological polar surface area (TPSA) is 0 Å². The molecule has 0 aliphatic rings. The summed E-state index contributed by atoms with van der Waals surface area (Å²) in [4.78, 5) is 0.959. The molecule has 0 N–H and O–H groups in total. The highest BCUT2D eigenvalue weighted by Crippen LogP contribution is 2.37. The van der Waals surface area contributed by atoms with Crippen LogP contribution in [0, 0.1) is 0 Å². The maximum Gasteiger partial charge on any atom is 0.0943 e. The molecule has 0 fully saturated rings. The highest BCUT2D eigenvalue weighted by Gasteiger charge is 2.15. The molecule has 78 valence electrons. The third-order valence-electron chi connectivity index (χ3n) is 2.02. The average molecular weight is 278 g/mol. The van der Waals surface area contributed by atoms with Gasteiger partial charge in [-0.3, -0.25) is 0 Å². The van der Waals surface area contributed by atoms with E-state index in [1.165, 1.54) is 0 Å². The van der Waals surface area contributed by atoms with E-state index in [2.05, 4.69) is 0 Å². The summed E-state index contributed by atoms with van der Waals surface area (Å²) in [7, 11) is 0. The maximum atomic E-state index is 6.32. The molecule has 0 nitrogen and oxygen atoms in total. The first-order valence-electron chi connectivity index (χ1n) is 4.31. The van der Waals surface area contributed by atoms with Gasteiger partial charge in [0, 0.05) is 9.90 Å². The molecule has 0 saturated carbocycles. The summed E-state index contributed by atoms with van der Waals surface area (Å²) in [6.07, 6.45) is 0. The van der Waals surface area contributed by atoms with E-state index in [1.54, 1.807) is 11.3 Å². The van der Waals surface area contributed by atoms with Gasteiger partial charge in [0.05, 0.1) is 10.4 Å². The number of rotatable bonds is 2. The molecule has 0 bridgehead atoms. The molecule has 2 aromatic rings. The van der Waals surface area contributed by atoms with Crippen molar-refractivity contribution >= 4 is 46.1 Å². The van der Waals surface area contributed by atoms with Crippen molar-refractivity contribution in [2.75, 3.05) is 0 Å². The lowest BCUT2D eigenvalue weighted by molar-refractivity contribution is 1.18. The smallest absolute Gasteiger partial charge is 0.0943 e. The summed E-state index contributed by atoms with van der Waals surface area (Å²) in [5.74, 6) is 0. The van der Waals surface area contributed by atoms with E-state index in [1.807, 2.05) is 35.7 Å². The van der Waals surface area contributed by atoms with Gasteiger partial charge in [0.15, 0.2) is 0 Å². The van der Waals surface area contributed by atoms with Gasteiger partial charge in [-0.1, -0.05) is 35.3 Å². The second kappa shape index (κ2) is 4.75. The van der Waals surface area contributed by atoms with Gasteiger partial charge in [0.25, 0.3) is 0 Å². The summed E-state index contributed by atoms with van der Waals surface area (Å²) < 4.78 is 0. The van der Waals surface area contributed by atoms with Crippen molar-refractivity contribution in [3.63, 3.8) is 0 Å². The monoisotopic (exact) mass is 276 g/mol. The van der Waals surface area contributed by atoms with Gasteiger partial charge in [-0.25, -0.2) is 0 Å². The normalized spacial score (nSPS) is 12.7. The molecule has 1 aromatic heterocycles. The van der Waals surface area contributed by atoms with Crippen molar-refractivity contribution < 1.29 is 0 Å². The molecule has 0 saturated heterocycles. The van der Waals surface area contributed by atoms with Gasteiger partial charge in [-0.15, -0.1) is 22.9 Å². The van der Waals surface area contributed by atoms with Crippen molar-refractivity contribution in [3.05, 3.63) is 56.2 Å². The lowest BCUT2D eigenvalue weighted by atomic mass is 10.1. The van der Waals surface area contributed by atoms with E-state index < -0.39 is 0 Å². The van der Waals surface area contributed by atoms with Crippen LogP contribution in [0.5, 0.6) is 0 Å². The lowest BCUT2D eigenvalue weighted by Gasteiger charge is -2.08. The zero-order chi connectivity index (χ0) is 10.8. The van der Waals surface area contributed by atoms with Crippen molar-refractivity contribution in [1.82, 2.24) is 0 Å². The Kier molecular flexibility index (Phi) is 3.57. The van der Waals surface area contributed by atoms with Crippen LogP contribution in [-0.4, -0.2) is 0 Å². The number of benzene rings is 1. The number of hydrogen-bond acceptors (Lipinski definition) is 1. The van der Waals surface area contributed by atoms with Gasteiger partial charge in [-0.05, 0) is 29.1 Å². The van der Waals surface area contributed by atoms with Crippen LogP contribution < -0.4 is 0 Å². The van der Waals surface area contributed by atoms with Crippen LogP contribution in [-0.2, 0) is 0 Å². The molecule has 0 radical (unpaired) electrons. The molecular formula is C11H7Cl3S. The van der Waals surface area contributed by atoms with E-state index in [0.717, 1.165) is 10.4 Å². The fourth-order valence-corrected chi connectivity index (χ4v) is 3.13. The van der Waals surface area contributed by atoms with Gasteiger partial charge < -0.3 is 0 Å². The van der Waals surface area contributed by atoms with Crippen LogP contribution >= 0.6 is 46.1 Å². The Hall–Kier alpha value is -0.210. The Labute approximate surface area is 107 Å². The van der Waals surface area contributed by atoms with Crippen molar-refractivity contribution in [2.24, 2.45) is 0 Å². The quantitative estimate of drug-likeness (QED) is 0.646. The number of alkyl halides is 1. The fraction of sp³-hybridized carbons (Fsp3) is 0.0909.